The van der Waals surface area contributed by atoms with Crippen LogP contribution >= 0.6 is 0 Å². The number of nitrogens with zero attached hydrogens (tertiary/aromatic N) is 1. The van der Waals surface area contributed by atoms with Gasteiger partial charge < -0.3 is 15.8 Å². The number of nitrogens with two attached hydrogens (primary N) is 1. The molecule has 2 aromatic rings. The van der Waals surface area contributed by atoms with Gasteiger partial charge in [0, 0.05) is 23.6 Å². The van der Waals surface area contributed by atoms with Crippen molar-refractivity contribution in [2.24, 2.45) is 23.5 Å². The number of cyclic esters (lactones) is 1. The molecule has 41 heavy (non-hydrogen) atoms. The summed E-state index contributed by atoms with van der Waals surface area (Å²) in [6.45, 7) is 11.7. The number of nitrogens with one attached hydrogen (secondary N) is 1. The molecule has 2 heterocycles. The van der Waals surface area contributed by atoms with Crippen LogP contribution in [0.1, 0.15) is 84.0 Å². The highest BCUT2D eigenvalue weighted by atomic mass is 19.1. The SMILES string of the molecule is CC.CCC(C)Cc1c(/C(C)=C/C2=C(C(C)=O)COC(=O)C2C2CCC2)nc2cc(F)ccc2c1CNC(=O)CN. The summed E-state index contributed by atoms with van der Waals surface area (Å²) in [7, 11) is 0. The minimum absolute atomic E-state index is 0.0387. The first-order valence-electron chi connectivity index (χ1n) is 14.8. The Kier molecular flexibility index (Phi) is 11.4. The van der Waals surface area contributed by atoms with Crippen molar-refractivity contribution < 1.29 is 23.5 Å². The van der Waals surface area contributed by atoms with Gasteiger partial charge in [-0.25, -0.2) is 9.37 Å². The summed E-state index contributed by atoms with van der Waals surface area (Å²) in [6, 6.07) is 4.49. The Hall–Kier alpha value is -3.39. The third kappa shape index (κ3) is 7.28. The molecule has 1 amide bonds. The maximum atomic E-state index is 14.3. The van der Waals surface area contributed by atoms with E-state index in [4.69, 9.17) is 15.5 Å². The number of ketones is 1. The molecule has 7 nitrogen and oxygen atoms in total. The highest BCUT2D eigenvalue weighted by Gasteiger charge is 2.40. The third-order valence-corrected chi connectivity index (χ3v) is 8.15. The highest BCUT2D eigenvalue weighted by molar-refractivity contribution is 5.98. The molecule has 2 aliphatic rings. The molecule has 0 bridgehead atoms. The van der Waals surface area contributed by atoms with Crippen LogP contribution in [0.2, 0.25) is 0 Å². The molecule has 1 aliphatic carbocycles. The fourth-order valence-electron chi connectivity index (χ4n) is 5.48. The van der Waals surface area contributed by atoms with Gasteiger partial charge in [-0.15, -0.1) is 0 Å². The van der Waals surface area contributed by atoms with E-state index < -0.39 is 11.7 Å². The van der Waals surface area contributed by atoms with Crippen LogP contribution in [0.25, 0.3) is 16.5 Å². The van der Waals surface area contributed by atoms with Crippen LogP contribution in [-0.4, -0.2) is 35.8 Å². The maximum Gasteiger partial charge on any atom is 0.314 e. The first-order chi connectivity index (χ1) is 19.6. The van der Waals surface area contributed by atoms with Gasteiger partial charge in [0.25, 0.3) is 0 Å². The summed E-state index contributed by atoms with van der Waals surface area (Å²) in [5.41, 5.74) is 10.5. The number of carbonyl (C=O) groups excluding carboxylic acids is 3. The molecule has 1 aliphatic heterocycles. The maximum absolute atomic E-state index is 14.3. The number of pyridine rings is 1. The molecule has 4 rings (SSSR count). The number of amides is 1. The lowest BCUT2D eigenvalue weighted by molar-refractivity contribution is -0.150. The van der Waals surface area contributed by atoms with Crippen LogP contribution in [0.15, 0.2) is 35.4 Å². The van der Waals surface area contributed by atoms with Crippen LogP contribution in [0.4, 0.5) is 4.39 Å². The van der Waals surface area contributed by atoms with E-state index in [1.807, 2.05) is 26.8 Å². The fraction of sp³-hybridized carbons (Fsp3) is 0.515. The van der Waals surface area contributed by atoms with E-state index in [0.29, 0.717) is 34.7 Å². The number of benzene rings is 1. The van der Waals surface area contributed by atoms with Crippen LogP contribution in [0.3, 0.4) is 0 Å². The molecule has 8 heteroatoms. The second kappa shape index (κ2) is 14.5. The predicted molar refractivity (Wildman–Crippen MR) is 160 cm³/mol. The smallest absolute Gasteiger partial charge is 0.314 e. The number of allylic oxidation sites excluding steroid dienone is 2. The van der Waals surface area contributed by atoms with Gasteiger partial charge >= 0.3 is 5.97 Å². The van der Waals surface area contributed by atoms with E-state index in [0.717, 1.165) is 47.8 Å². The van der Waals surface area contributed by atoms with Crippen molar-refractivity contribution in [1.29, 1.82) is 0 Å². The molecule has 2 unspecified atom stereocenters. The Balaban J connectivity index is 0.00000226. The second-order valence-electron chi connectivity index (χ2n) is 10.9. The molecule has 1 fully saturated rings. The zero-order valence-corrected chi connectivity index (χ0v) is 25.2. The van der Waals surface area contributed by atoms with E-state index in [-0.39, 0.29) is 43.3 Å². The number of rotatable bonds is 10. The van der Waals surface area contributed by atoms with E-state index in [1.54, 1.807) is 6.07 Å². The van der Waals surface area contributed by atoms with Crippen LogP contribution < -0.4 is 11.1 Å². The number of hydrogen-bond acceptors (Lipinski definition) is 6. The molecule has 0 saturated heterocycles. The summed E-state index contributed by atoms with van der Waals surface area (Å²) in [5.74, 6) is -1.13. The lowest BCUT2D eigenvalue weighted by Gasteiger charge is -2.36. The number of esters is 1. The normalized spacial score (nSPS) is 18.3. The van der Waals surface area contributed by atoms with Gasteiger partial charge in [0.15, 0.2) is 5.78 Å². The molecule has 0 radical (unpaired) electrons. The molecular weight excluding hydrogens is 521 g/mol. The van der Waals surface area contributed by atoms with Crippen molar-refractivity contribution in [2.45, 2.75) is 80.2 Å². The summed E-state index contributed by atoms with van der Waals surface area (Å²) in [4.78, 5) is 42.6. The minimum Gasteiger partial charge on any atom is -0.460 e. The van der Waals surface area contributed by atoms with Gasteiger partial charge in [-0.2, -0.15) is 0 Å². The summed E-state index contributed by atoms with van der Waals surface area (Å²) < 4.78 is 19.8. The zero-order chi connectivity index (χ0) is 30.3. The first kappa shape index (κ1) is 32.1. The van der Waals surface area contributed by atoms with Gasteiger partial charge in [-0.05, 0) is 79.4 Å². The highest BCUT2D eigenvalue weighted by Crippen LogP contribution is 2.42. The average molecular weight is 566 g/mol. The Morgan fingerprint density at radius 1 is 1.22 bits per heavy atom. The number of ether oxygens (including phenoxy) is 1. The first-order valence-corrected chi connectivity index (χ1v) is 14.8. The topological polar surface area (TPSA) is 111 Å². The van der Waals surface area contributed by atoms with Crippen molar-refractivity contribution in [2.75, 3.05) is 13.2 Å². The Labute approximate surface area is 242 Å². The Bertz CT molecular complexity index is 1360. The van der Waals surface area contributed by atoms with Gasteiger partial charge in [-0.1, -0.05) is 46.6 Å². The largest absolute Gasteiger partial charge is 0.460 e. The van der Waals surface area contributed by atoms with Crippen LogP contribution in [0, 0.1) is 23.6 Å². The Morgan fingerprint density at radius 2 is 1.93 bits per heavy atom. The van der Waals surface area contributed by atoms with Crippen molar-refractivity contribution in [1.82, 2.24) is 10.3 Å². The van der Waals surface area contributed by atoms with Gasteiger partial charge in [0.05, 0.1) is 23.7 Å². The molecule has 3 N–H and O–H groups in total. The summed E-state index contributed by atoms with van der Waals surface area (Å²) in [5, 5.41) is 3.64. The average Bonchev–Trinajstić information content (AvgIpc) is 2.93. The van der Waals surface area contributed by atoms with E-state index in [1.165, 1.54) is 19.1 Å². The second-order valence-corrected chi connectivity index (χ2v) is 10.9. The fourth-order valence-corrected chi connectivity index (χ4v) is 5.48. The quantitative estimate of drug-likeness (QED) is 0.351. The van der Waals surface area contributed by atoms with E-state index >= 15 is 0 Å². The van der Waals surface area contributed by atoms with Crippen molar-refractivity contribution in [3.05, 3.63) is 58.1 Å². The number of Topliss-reactive ketones (excluding diaryl/α,β-unsaturated/α-hetero) is 1. The number of fused-ring (bicyclic) bond motifs is 1. The minimum atomic E-state index is -0.486. The molecule has 1 aromatic heterocycles. The number of hydrogen-bond donors (Lipinski definition) is 2. The predicted octanol–water partition coefficient (Wildman–Crippen LogP) is 5.83. The lowest BCUT2D eigenvalue weighted by atomic mass is 9.70. The van der Waals surface area contributed by atoms with Crippen molar-refractivity contribution in [3.8, 4) is 0 Å². The standard InChI is InChI=1S/C31H38FN3O4.C2H6/c1-5-17(2)11-24-25(15-34-28(37)14-33)22-10-9-21(32)13-27(22)35-30(24)18(3)12-23-26(19(4)36)16-39-31(38)29(23)20-7-6-8-20;1-2/h9-10,12-13,17,20,29H,5-8,11,14-16,33H2,1-4H3,(H,34,37);1-2H3/b18-12+;. The number of aromatic nitrogens is 1. The van der Waals surface area contributed by atoms with Gasteiger partial charge in [0.2, 0.25) is 5.91 Å². The summed E-state index contributed by atoms with van der Waals surface area (Å²) >= 11 is 0. The monoisotopic (exact) mass is 565 g/mol. The van der Waals surface area contributed by atoms with Crippen molar-refractivity contribution in [3.63, 3.8) is 0 Å². The summed E-state index contributed by atoms with van der Waals surface area (Å²) in [6.07, 6.45) is 6.42. The zero-order valence-electron chi connectivity index (χ0n) is 25.2. The molecule has 1 saturated carbocycles. The molecule has 222 valence electrons. The number of carbonyl (C=O) groups is 3. The molecule has 0 spiro atoms. The molecule has 1 aromatic carbocycles. The Morgan fingerprint density at radius 3 is 2.51 bits per heavy atom. The third-order valence-electron chi connectivity index (χ3n) is 8.15. The molecular formula is C33H44FN3O4. The number of halogens is 1. The molecule has 2 atom stereocenters. The van der Waals surface area contributed by atoms with E-state index in [2.05, 4.69) is 19.2 Å². The lowest BCUT2D eigenvalue weighted by Crippen LogP contribution is -2.37. The van der Waals surface area contributed by atoms with Gasteiger partial charge in [-0.3, -0.25) is 14.4 Å². The van der Waals surface area contributed by atoms with Crippen LogP contribution in [-0.2, 0) is 32.1 Å². The van der Waals surface area contributed by atoms with Crippen LogP contribution in [0.5, 0.6) is 0 Å². The van der Waals surface area contributed by atoms with Gasteiger partial charge in [0.1, 0.15) is 12.4 Å². The van der Waals surface area contributed by atoms with E-state index in [9.17, 15) is 18.8 Å². The van der Waals surface area contributed by atoms with Crippen molar-refractivity contribution >= 4 is 34.1 Å².